The minimum atomic E-state index is -3.40. The van der Waals surface area contributed by atoms with Crippen molar-refractivity contribution in [3.05, 3.63) is 58.6 Å². The molecule has 1 aliphatic rings. The van der Waals surface area contributed by atoms with Crippen LogP contribution >= 0.6 is 35.4 Å². The maximum Gasteiger partial charge on any atom is 0.180 e. The SMILES string of the molecule is O=S(=O)(CCN(CC1CC1)C(=S)Nc1ccc(Cl)cc1)c1ccc(Cl)cc1. The third-order valence-corrected chi connectivity index (χ3v) is 6.94. The highest BCUT2D eigenvalue weighted by molar-refractivity contribution is 7.91. The predicted octanol–water partition coefficient (Wildman–Crippen LogP) is 4.88. The zero-order chi connectivity index (χ0) is 19.4. The molecule has 0 aromatic heterocycles. The van der Waals surface area contributed by atoms with Gasteiger partial charge in [-0.3, -0.25) is 0 Å². The molecule has 0 aliphatic heterocycles. The Bertz CT molecular complexity index is 896. The fourth-order valence-electron chi connectivity index (χ4n) is 2.61. The summed E-state index contributed by atoms with van der Waals surface area (Å²) >= 11 is 17.3. The van der Waals surface area contributed by atoms with E-state index in [0.29, 0.717) is 27.6 Å². The number of rotatable bonds is 7. The summed E-state index contributed by atoms with van der Waals surface area (Å²) in [7, 11) is -3.40. The Morgan fingerprint density at radius 1 is 1.04 bits per heavy atom. The third-order valence-electron chi connectivity index (χ3n) is 4.36. The molecule has 1 saturated carbocycles. The van der Waals surface area contributed by atoms with Crippen LogP contribution in [0.15, 0.2) is 53.4 Å². The summed E-state index contributed by atoms with van der Waals surface area (Å²) in [6.07, 6.45) is 2.31. The van der Waals surface area contributed by atoms with Gasteiger partial charge in [0.05, 0.1) is 10.6 Å². The second kappa shape index (κ2) is 8.78. The molecule has 1 fully saturated rings. The van der Waals surface area contributed by atoms with Crippen LogP contribution in [-0.2, 0) is 9.84 Å². The molecule has 3 rings (SSSR count). The highest BCUT2D eigenvalue weighted by Gasteiger charge is 2.27. The highest BCUT2D eigenvalue weighted by atomic mass is 35.5. The zero-order valence-electron chi connectivity index (χ0n) is 14.6. The van der Waals surface area contributed by atoms with E-state index in [1.807, 2.05) is 17.0 Å². The molecule has 4 nitrogen and oxygen atoms in total. The minimum absolute atomic E-state index is 0.0101. The Morgan fingerprint density at radius 3 is 2.15 bits per heavy atom. The van der Waals surface area contributed by atoms with Crippen LogP contribution in [0.5, 0.6) is 0 Å². The second-order valence-electron chi connectivity index (χ2n) is 6.60. The molecule has 0 atom stereocenters. The van der Waals surface area contributed by atoms with Gasteiger partial charge in [0.2, 0.25) is 0 Å². The van der Waals surface area contributed by atoms with Crippen LogP contribution < -0.4 is 5.32 Å². The standard InChI is InChI=1S/C19H20Cl2N2O2S2/c20-15-3-7-17(8-4-15)22-19(26)23(13-14-1-2-14)11-12-27(24,25)18-9-5-16(21)6-10-18/h3-10,14H,1-2,11-13H2,(H,22,26). The number of anilines is 1. The summed E-state index contributed by atoms with van der Waals surface area (Å²) in [5.74, 6) is 0.567. The number of sulfone groups is 1. The molecule has 0 saturated heterocycles. The van der Waals surface area contributed by atoms with Crippen LogP contribution in [0.3, 0.4) is 0 Å². The lowest BCUT2D eigenvalue weighted by Gasteiger charge is -2.26. The molecular weight excluding hydrogens is 423 g/mol. The van der Waals surface area contributed by atoms with Gasteiger partial charge in [-0.05, 0) is 79.5 Å². The van der Waals surface area contributed by atoms with E-state index in [1.54, 1.807) is 24.3 Å². The van der Waals surface area contributed by atoms with E-state index < -0.39 is 9.84 Å². The number of hydrogen-bond acceptors (Lipinski definition) is 3. The lowest BCUT2D eigenvalue weighted by Crippen LogP contribution is -2.39. The molecule has 27 heavy (non-hydrogen) atoms. The van der Waals surface area contributed by atoms with Crippen LogP contribution in [0.1, 0.15) is 12.8 Å². The molecular formula is C19H20Cl2N2O2S2. The van der Waals surface area contributed by atoms with Crippen molar-refractivity contribution in [1.82, 2.24) is 4.90 Å². The number of thiocarbonyl (C=S) groups is 1. The van der Waals surface area contributed by atoms with Crippen LogP contribution in [0.25, 0.3) is 0 Å². The second-order valence-corrected chi connectivity index (χ2v) is 9.97. The fourth-order valence-corrected chi connectivity index (χ4v) is 4.40. The summed E-state index contributed by atoms with van der Waals surface area (Å²) in [6.45, 7) is 1.09. The summed E-state index contributed by atoms with van der Waals surface area (Å²) < 4.78 is 25.2. The molecule has 0 radical (unpaired) electrons. The Kier molecular flexibility index (Phi) is 6.63. The van der Waals surface area contributed by atoms with Gasteiger partial charge in [0, 0.05) is 28.8 Å². The van der Waals surface area contributed by atoms with Crippen molar-refractivity contribution in [3.63, 3.8) is 0 Å². The lowest BCUT2D eigenvalue weighted by atomic mass is 10.3. The first-order valence-electron chi connectivity index (χ1n) is 8.63. The first-order valence-corrected chi connectivity index (χ1v) is 11.4. The van der Waals surface area contributed by atoms with Gasteiger partial charge < -0.3 is 10.2 Å². The first kappa shape index (κ1) is 20.4. The average Bonchev–Trinajstić information content (AvgIpc) is 3.45. The normalized spacial score (nSPS) is 14.0. The van der Waals surface area contributed by atoms with E-state index in [4.69, 9.17) is 35.4 Å². The molecule has 0 unspecified atom stereocenters. The van der Waals surface area contributed by atoms with Crippen molar-refractivity contribution >= 4 is 56.1 Å². The van der Waals surface area contributed by atoms with Gasteiger partial charge in [-0.15, -0.1) is 0 Å². The van der Waals surface area contributed by atoms with Gasteiger partial charge in [0.25, 0.3) is 0 Å². The molecule has 0 spiro atoms. The van der Waals surface area contributed by atoms with Gasteiger partial charge >= 0.3 is 0 Å². The van der Waals surface area contributed by atoms with Crippen LogP contribution in [-0.4, -0.2) is 37.3 Å². The van der Waals surface area contributed by atoms with E-state index in [2.05, 4.69) is 5.32 Å². The summed E-state index contributed by atoms with van der Waals surface area (Å²) in [4.78, 5) is 2.21. The molecule has 0 bridgehead atoms. The summed E-state index contributed by atoms with van der Waals surface area (Å²) in [5, 5.41) is 4.86. The molecule has 1 aliphatic carbocycles. The Morgan fingerprint density at radius 2 is 1.59 bits per heavy atom. The molecule has 8 heteroatoms. The molecule has 1 N–H and O–H groups in total. The van der Waals surface area contributed by atoms with Crippen molar-refractivity contribution in [2.24, 2.45) is 5.92 Å². The zero-order valence-corrected chi connectivity index (χ0v) is 17.7. The topological polar surface area (TPSA) is 49.4 Å². The summed E-state index contributed by atoms with van der Waals surface area (Å²) in [5.41, 5.74) is 0.825. The Labute approximate surface area is 175 Å². The van der Waals surface area contributed by atoms with Crippen molar-refractivity contribution in [1.29, 1.82) is 0 Å². The van der Waals surface area contributed by atoms with Gasteiger partial charge in [-0.2, -0.15) is 0 Å². The Balaban J connectivity index is 1.66. The number of benzene rings is 2. The highest BCUT2D eigenvalue weighted by Crippen LogP contribution is 2.30. The quantitative estimate of drug-likeness (QED) is 0.619. The number of hydrogen-bond donors (Lipinski definition) is 1. The van der Waals surface area contributed by atoms with Gasteiger partial charge in [-0.1, -0.05) is 23.2 Å². The van der Waals surface area contributed by atoms with E-state index in [0.717, 1.165) is 25.1 Å². The monoisotopic (exact) mass is 442 g/mol. The molecule has 2 aromatic carbocycles. The largest absolute Gasteiger partial charge is 0.348 e. The van der Waals surface area contributed by atoms with Crippen LogP contribution in [0.2, 0.25) is 10.0 Å². The van der Waals surface area contributed by atoms with Gasteiger partial charge in [0.15, 0.2) is 14.9 Å². The smallest absolute Gasteiger partial charge is 0.180 e. The number of halogens is 2. The van der Waals surface area contributed by atoms with E-state index in [9.17, 15) is 8.42 Å². The molecule has 144 valence electrons. The maximum atomic E-state index is 12.6. The van der Waals surface area contributed by atoms with E-state index in [1.165, 1.54) is 12.1 Å². The Hall–Kier alpha value is -1.34. The lowest BCUT2D eigenvalue weighted by molar-refractivity contribution is 0.424. The predicted molar refractivity (Wildman–Crippen MR) is 115 cm³/mol. The molecule has 2 aromatic rings. The van der Waals surface area contributed by atoms with Crippen molar-refractivity contribution < 1.29 is 8.42 Å². The van der Waals surface area contributed by atoms with E-state index in [-0.39, 0.29) is 10.6 Å². The van der Waals surface area contributed by atoms with Crippen LogP contribution in [0, 0.1) is 5.92 Å². The number of nitrogens with zero attached hydrogens (tertiary/aromatic N) is 1. The number of nitrogens with one attached hydrogen (secondary N) is 1. The van der Waals surface area contributed by atoms with Crippen molar-refractivity contribution in [2.75, 3.05) is 24.2 Å². The van der Waals surface area contributed by atoms with Gasteiger partial charge in [0.1, 0.15) is 0 Å². The molecule has 0 heterocycles. The molecule has 0 amide bonds. The third kappa shape index (κ3) is 6.07. The maximum absolute atomic E-state index is 12.6. The first-order chi connectivity index (χ1) is 12.8. The van der Waals surface area contributed by atoms with Gasteiger partial charge in [-0.25, -0.2) is 8.42 Å². The van der Waals surface area contributed by atoms with E-state index >= 15 is 0 Å². The summed E-state index contributed by atoms with van der Waals surface area (Å²) in [6, 6.07) is 13.5. The van der Waals surface area contributed by atoms with Crippen molar-refractivity contribution in [3.8, 4) is 0 Å². The van der Waals surface area contributed by atoms with Crippen molar-refractivity contribution in [2.45, 2.75) is 17.7 Å². The van der Waals surface area contributed by atoms with Crippen LogP contribution in [0.4, 0.5) is 5.69 Å². The minimum Gasteiger partial charge on any atom is -0.348 e. The fraction of sp³-hybridized carbons (Fsp3) is 0.316. The average molecular weight is 443 g/mol.